The average Bonchev–Trinajstić information content (AvgIpc) is 2.93. The average molecular weight is 540 g/mol. The number of aliphatic imine (C=N–C) groups is 1. The molecule has 0 saturated heterocycles. The molecule has 0 aromatic carbocycles. The Morgan fingerprint density at radius 1 is 1.03 bits per heavy atom. The predicted octanol–water partition coefficient (Wildman–Crippen LogP) is 6.67. The zero-order valence-electron chi connectivity index (χ0n) is 24.2. The maximum absolute atomic E-state index is 8.36. The topological polar surface area (TPSA) is 92.2 Å². The van der Waals surface area contributed by atoms with Crippen LogP contribution in [0.2, 0.25) is 0 Å². The van der Waals surface area contributed by atoms with Crippen LogP contribution in [-0.4, -0.2) is 51.2 Å². The first-order chi connectivity index (χ1) is 18.9. The third-order valence-electron chi connectivity index (χ3n) is 4.55. The summed E-state index contributed by atoms with van der Waals surface area (Å²) < 4.78 is 10.8. The Morgan fingerprint density at radius 3 is 2.26 bits per heavy atom. The van der Waals surface area contributed by atoms with Crippen LogP contribution in [0.3, 0.4) is 0 Å². The highest BCUT2D eigenvalue weighted by molar-refractivity contribution is 5.92. The van der Waals surface area contributed by atoms with Crippen LogP contribution in [0.5, 0.6) is 0 Å². The van der Waals surface area contributed by atoms with E-state index < -0.39 is 0 Å². The Balaban J connectivity index is -0.000000652. The van der Waals surface area contributed by atoms with E-state index in [1.165, 1.54) is 0 Å². The van der Waals surface area contributed by atoms with Gasteiger partial charge in [0.2, 0.25) is 0 Å². The second-order valence-electron chi connectivity index (χ2n) is 7.52. The highest BCUT2D eigenvalue weighted by atomic mass is 16.5. The first-order valence-electron chi connectivity index (χ1n) is 12.7. The van der Waals surface area contributed by atoms with Crippen LogP contribution in [-0.2, 0) is 14.3 Å². The van der Waals surface area contributed by atoms with E-state index in [9.17, 15) is 0 Å². The van der Waals surface area contributed by atoms with E-state index in [0.29, 0.717) is 12.5 Å². The molecule has 0 aliphatic heterocycles. The van der Waals surface area contributed by atoms with Gasteiger partial charge in [-0.1, -0.05) is 75.8 Å². The summed E-state index contributed by atoms with van der Waals surface area (Å²) in [6.07, 6.45) is 27.3. The molecular weight excluding hydrogens is 490 g/mol. The highest BCUT2D eigenvalue weighted by Crippen LogP contribution is 2.11. The Labute approximate surface area is 236 Å². The number of nitrogens with one attached hydrogen (secondary N) is 2. The molecule has 0 rings (SSSR count). The first-order valence-corrected chi connectivity index (χ1v) is 12.7. The van der Waals surface area contributed by atoms with Gasteiger partial charge in [0.25, 0.3) is 6.47 Å². The molecule has 1 unspecified atom stereocenters. The van der Waals surface area contributed by atoms with Crippen molar-refractivity contribution in [3.05, 3.63) is 123 Å². The molecule has 0 aromatic heterocycles. The summed E-state index contributed by atoms with van der Waals surface area (Å²) in [5.74, 6) is 2.18. The second-order valence-corrected chi connectivity index (χ2v) is 7.52. The summed E-state index contributed by atoms with van der Waals surface area (Å²) in [5.41, 5.74) is 1.09. The van der Waals surface area contributed by atoms with Gasteiger partial charge in [-0.2, -0.15) is 0 Å². The normalized spacial score (nSPS) is 12.8. The summed E-state index contributed by atoms with van der Waals surface area (Å²) in [7, 11) is 3.72. The minimum absolute atomic E-state index is 0.250. The van der Waals surface area contributed by atoms with Crippen molar-refractivity contribution in [2.45, 2.75) is 26.7 Å². The number of carboxylic acid groups (broad SMARTS) is 1. The summed E-state index contributed by atoms with van der Waals surface area (Å²) in [5, 5.41) is 13.3. The lowest BCUT2D eigenvalue weighted by Crippen LogP contribution is -2.25. The van der Waals surface area contributed by atoms with Crippen molar-refractivity contribution in [2.24, 2.45) is 10.9 Å². The fraction of sp³-hybridized carbons (Fsp3) is 0.312. The Kier molecular flexibility index (Phi) is 34.3. The summed E-state index contributed by atoms with van der Waals surface area (Å²) in [6, 6.07) is 0. The molecule has 0 aromatic rings. The molecule has 0 fully saturated rings. The van der Waals surface area contributed by atoms with Crippen LogP contribution in [0, 0.1) is 5.92 Å². The van der Waals surface area contributed by atoms with E-state index in [1.54, 1.807) is 50.0 Å². The van der Waals surface area contributed by atoms with Crippen LogP contribution in [0.1, 0.15) is 26.7 Å². The fourth-order valence-electron chi connectivity index (χ4n) is 2.48. The minimum atomic E-state index is -0.250. The van der Waals surface area contributed by atoms with E-state index in [0.717, 1.165) is 43.1 Å². The Morgan fingerprint density at radius 2 is 1.72 bits per heavy atom. The third kappa shape index (κ3) is 31.9. The van der Waals surface area contributed by atoms with Crippen LogP contribution < -0.4 is 10.6 Å². The molecule has 3 N–H and O–H groups in total. The molecule has 0 bridgehead atoms. The molecule has 0 aliphatic carbocycles. The summed E-state index contributed by atoms with van der Waals surface area (Å²) in [4.78, 5) is 12.6. The van der Waals surface area contributed by atoms with Gasteiger partial charge in [-0.15, -0.1) is 0 Å². The zero-order valence-corrected chi connectivity index (χ0v) is 24.2. The largest absolute Gasteiger partial charge is 0.493 e. The van der Waals surface area contributed by atoms with Gasteiger partial charge in [-0.05, 0) is 68.7 Å². The van der Waals surface area contributed by atoms with Gasteiger partial charge in [0.15, 0.2) is 0 Å². The lowest BCUT2D eigenvalue weighted by atomic mass is 10.0. The van der Waals surface area contributed by atoms with Gasteiger partial charge in [-0.3, -0.25) is 9.79 Å². The van der Waals surface area contributed by atoms with Gasteiger partial charge in [0.1, 0.15) is 11.6 Å². The molecule has 7 nitrogen and oxygen atoms in total. The van der Waals surface area contributed by atoms with Crippen LogP contribution >= 0.6 is 0 Å². The maximum atomic E-state index is 8.36. The number of amidine groups is 1. The van der Waals surface area contributed by atoms with Gasteiger partial charge in [-0.25, -0.2) is 0 Å². The van der Waals surface area contributed by atoms with E-state index in [1.807, 2.05) is 56.5 Å². The maximum Gasteiger partial charge on any atom is 0.290 e. The van der Waals surface area contributed by atoms with E-state index in [-0.39, 0.29) is 6.47 Å². The molecule has 216 valence electrons. The molecular formula is C32H49N3O4. The number of ether oxygens (including phenoxy) is 2. The predicted molar refractivity (Wildman–Crippen MR) is 169 cm³/mol. The standard InChI is InChI=1S/C18H31N3O.C13H16O.CH2O2/c1-6-10-17(8-3)22-15-16(7-2)12-14-21-18(20-5)11-9-13-19-4;1-4-6-7-8-11-14-12-10-13(3)9-5-2;2-1-3/h6,8-11,16,19H,1,3,7,12-15H2,2,4-5H3,(H,20,21);4-12H,1-2H2,3H3;1H,(H,2,3)/b11-9-,17-10+;7-6-,11-8+,12-10+,13-9-;. The minimum Gasteiger partial charge on any atom is -0.493 e. The van der Waals surface area contributed by atoms with Crippen LogP contribution in [0.4, 0.5) is 0 Å². The molecule has 0 spiro atoms. The SMILES string of the molecule is C=C/C=C(\C=C)OCC(CC)CCNC(/C=C\CNC)=NC.C=C/C=C\C=C\O/C=C/C(C)=C\C=C.O=CO. The van der Waals surface area contributed by atoms with Gasteiger partial charge < -0.3 is 25.2 Å². The summed E-state index contributed by atoms with van der Waals surface area (Å²) >= 11 is 0. The Hall–Kier alpha value is -4.10. The van der Waals surface area contributed by atoms with Crippen molar-refractivity contribution >= 4 is 12.3 Å². The number of rotatable bonds is 18. The summed E-state index contributed by atoms with van der Waals surface area (Å²) in [6.45, 7) is 20.9. The first kappa shape index (κ1) is 39.4. The van der Waals surface area contributed by atoms with E-state index in [4.69, 9.17) is 19.4 Å². The number of likely N-dealkylation sites (N-methyl/N-ethyl adjacent to an activating group) is 1. The van der Waals surface area contributed by atoms with Crippen molar-refractivity contribution in [2.75, 3.05) is 33.8 Å². The van der Waals surface area contributed by atoms with E-state index >= 15 is 0 Å². The molecule has 0 heterocycles. The highest BCUT2D eigenvalue weighted by Gasteiger charge is 2.07. The lowest BCUT2D eigenvalue weighted by Gasteiger charge is -2.17. The number of hydrogen-bond acceptors (Lipinski definition) is 5. The molecule has 1 atom stereocenters. The van der Waals surface area contributed by atoms with Crippen molar-refractivity contribution < 1.29 is 19.4 Å². The molecule has 0 aliphatic rings. The molecule has 0 amide bonds. The third-order valence-corrected chi connectivity index (χ3v) is 4.55. The van der Waals surface area contributed by atoms with Crippen LogP contribution in [0.25, 0.3) is 0 Å². The fourth-order valence-corrected chi connectivity index (χ4v) is 2.48. The Bertz CT molecular complexity index is 863. The van der Waals surface area contributed by atoms with Crippen molar-refractivity contribution in [1.29, 1.82) is 0 Å². The molecule has 39 heavy (non-hydrogen) atoms. The van der Waals surface area contributed by atoms with Crippen molar-refractivity contribution in [3.63, 3.8) is 0 Å². The zero-order chi connectivity index (χ0) is 30.0. The molecule has 0 saturated carbocycles. The van der Waals surface area contributed by atoms with Gasteiger partial charge in [0.05, 0.1) is 19.1 Å². The monoisotopic (exact) mass is 539 g/mol. The number of hydrogen-bond donors (Lipinski definition) is 3. The number of allylic oxidation sites excluding steroid dienone is 11. The lowest BCUT2D eigenvalue weighted by molar-refractivity contribution is -0.122. The van der Waals surface area contributed by atoms with Crippen LogP contribution in [0.15, 0.2) is 128 Å². The smallest absolute Gasteiger partial charge is 0.290 e. The number of nitrogens with zero attached hydrogens (tertiary/aromatic N) is 1. The molecule has 7 heteroatoms. The second kappa shape index (κ2) is 33.9. The van der Waals surface area contributed by atoms with Gasteiger partial charge >= 0.3 is 0 Å². The van der Waals surface area contributed by atoms with E-state index in [2.05, 4.69) is 48.9 Å². The van der Waals surface area contributed by atoms with Crippen molar-refractivity contribution in [1.82, 2.24) is 10.6 Å². The van der Waals surface area contributed by atoms with Gasteiger partial charge in [0, 0.05) is 20.1 Å². The molecule has 0 radical (unpaired) electrons. The number of carbonyl (C=O) groups is 1. The quantitative estimate of drug-likeness (QED) is 0.0592. The van der Waals surface area contributed by atoms with Crippen molar-refractivity contribution in [3.8, 4) is 0 Å².